The Balaban J connectivity index is 1.82. The van der Waals surface area contributed by atoms with Gasteiger partial charge in [-0.2, -0.15) is 0 Å². The van der Waals surface area contributed by atoms with Crippen molar-refractivity contribution in [2.45, 2.75) is 37.6 Å². The molecule has 0 bridgehead atoms. The molecule has 110 valence electrons. The standard InChI is InChI=1S/C16H23NO2S/c1-17-16(15-8-9-20(18,19)11-15)14-7-3-6-13(10-14)12-4-2-5-12/h3,6-7,10,12,15-17H,2,4-5,8-9,11H2,1H3. The van der Waals surface area contributed by atoms with Gasteiger partial charge in [-0.1, -0.05) is 30.7 Å². The Morgan fingerprint density at radius 2 is 2.05 bits per heavy atom. The van der Waals surface area contributed by atoms with Crippen LogP contribution in [0.5, 0.6) is 0 Å². The third-order valence-corrected chi connectivity index (χ3v) is 6.69. The molecule has 2 unspecified atom stereocenters. The second-order valence-corrected chi connectivity index (χ2v) is 8.46. The summed E-state index contributed by atoms with van der Waals surface area (Å²) in [5.74, 6) is 1.60. The van der Waals surface area contributed by atoms with Crippen molar-refractivity contribution < 1.29 is 8.42 Å². The number of hydrogen-bond donors (Lipinski definition) is 1. The van der Waals surface area contributed by atoms with Gasteiger partial charge in [-0.3, -0.25) is 0 Å². The molecule has 2 atom stereocenters. The topological polar surface area (TPSA) is 46.2 Å². The minimum atomic E-state index is -2.82. The van der Waals surface area contributed by atoms with Crippen molar-refractivity contribution in [2.24, 2.45) is 5.92 Å². The van der Waals surface area contributed by atoms with Crippen LogP contribution in [0.1, 0.15) is 48.8 Å². The predicted molar refractivity (Wildman–Crippen MR) is 81.6 cm³/mol. The Morgan fingerprint density at radius 1 is 1.25 bits per heavy atom. The largest absolute Gasteiger partial charge is 0.313 e. The molecule has 0 radical (unpaired) electrons. The van der Waals surface area contributed by atoms with Crippen LogP contribution in [-0.2, 0) is 9.84 Å². The quantitative estimate of drug-likeness (QED) is 0.928. The van der Waals surface area contributed by atoms with Crippen LogP contribution >= 0.6 is 0 Å². The molecule has 1 aliphatic carbocycles. The molecule has 2 aliphatic rings. The lowest BCUT2D eigenvalue weighted by Gasteiger charge is -2.28. The van der Waals surface area contributed by atoms with Gasteiger partial charge in [0.05, 0.1) is 11.5 Å². The van der Waals surface area contributed by atoms with Crippen molar-refractivity contribution in [2.75, 3.05) is 18.6 Å². The molecule has 4 heteroatoms. The summed E-state index contributed by atoms with van der Waals surface area (Å²) in [7, 11) is -0.882. The highest BCUT2D eigenvalue weighted by molar-refractivity contribution is 7.91. The molecule has 1 saturated carbocycles. The maximum Gasteiger partial charge on any atom is 0.150 e. The van der Waals surface area contributed by atoms with Crippen molar-refractivity contribution in [1.82, 2.24) is 5.32 Å². The Hall–Kier alpha value is -0.870. The molecule has 0 amide bonds. The average molecular weight is 293 g/mol. The molecule has 3 rings (SSSR count). The third-order valence-electron chi connectivity index (χ3n) is 4.90. The van der Waals surface area contributed by atoms with Crippen LogP contribution < -0.4 is 5.32 Å². The lowest BCUT2D eigenvalue weighted by molar-refractivity contribution is 0.409. The van der Waals surface area contributed by atoms with Gasteiger partial charge in [0.15, 0.2) is 9.84 Å². The van der Waals surface area contributed by atoms with Gasteiger partial charge in [-0.25, -0.2) is 8.42 Å². The van der Waals surface area contributed by atoms with Gasteiger partial charge in [0.2, 0.25) is 0 Å². The molecule has 1 aliphatic heterocycles. The molecule has 1 aromatic rings. The lowest BCUT2D eigenvalue weighted by atomic mass is 9.79. The molecule has 1 heterocycles. The van der Waals surface area contributed by atoms with Crippen LogP contribution in [0.25, 0.3) is 0 Å². The van der Waals surface area contributed by atoms with E-state index in [9.17, 15) is 8.42 Å². The minimum absolute atomic E-state index is 0.160. The van der Waals surface area contributed by atoms with Crippen molar-refractivity contribution in [3.05, 3.63) is 35.4 Å². The van der Waals surface area contributed by atoms with Crippen LogP contribution in [0.4, 0.5) is 0 Å². The predicted octanol–water partition coefficient (Wildman–Crippen LogP) is 2.65. The van der Waals surface area contributed by atoms with Crippen LogP contribution in [0.2, 0.25) is 0 Å². The number of rotatable bonds is 4. The number of hydrogen-bond acceptors (Lipinski definition) is 3. The van der Waals surface area contributed by atoms with E-state index in [1.165, 1.54) is 30.4 Å². The fourth-order valence-electron chi connectivity index (χ4n) is 3.51. The first-order valence-electron chi connectivity index (χ1n) is 7.56. The summed E-state index contributed by atoms with van der Waals surface area (Å²) in [6.45, 7) is 0. The van der Waals surface area contributed by atoms with Crippen LogP contribution in [-0.4, -0.2) is 27.0 Å². The first-order chi connectivity index (χ1) is 9.59. The molecular formula is C16H23NO2S. The van der Waals surface area contributed by atoms with Gasteiger partial charge >= 0.3 is 0 Å². The fourth-order valence-corrected chi connectivity index (χ4v) is 5.35. The normalized spacial score (nSPS) is 27.1. The van der Waals surface area contributed by atoms with Crippen molar-refractivity contribution >= 4 is 9.84 Å². The highest BCUT2D eigenvalue weighted by Crippen LogP contribution is 2.38. The Labute approximate surface area is 121 Å². The van der Waals surface area contributed by atoms with Crippen molar-refractivity contribution in [3.8, 4) is 0 Å². The summed E-state index contributed by atoms with van der Waals surface area (Å²) in [5, 5.41) is 3.34. The second-order valence-electron chi connectivity index (χ2n) is 6.23. The maximum atomic E-state index is 11.7. The zero-order chi connectivity index (χ0) is 14.2. The number of nitrogens with one attached hydrogen (secondary N) is 1. The molecule has 1 saturated heterocycles. The first-order valence-corrected chi connectivity index (χ1v) is 9.39. The smallest absolute Gasteiger partial charge is 0.150 e. The lowest BCUT2D eigenvalue weighted by Crippen LogP contribution is -2.26. The van der Waals surface area contributed by atoms with E-state index in [-0.39, 0.29) is 12.0 Å². The molecule has 0 spiro atoms. The molecule has 1 aromatic carbocycles. The summed E-state index contributed by atoms with van der Waals surface area (Å²) >= 11 is 0. The van der Waals surface area contributed by atoms with Gasteiger partial charge in [-0.05, 0) is 49.3 Å². The van der Waals surface area contributed by atoms with Gasteiger partial charge < -0.3 is 5.32 Å². The molecule has 3 nitrogen and oxygen atoms in total. The summed E-state index contributed by atoms with van der Waals surface area (Å²) in [4.78, 5) is 0. The molecule has 2 fully saturated rings. The van der Waals surface area contributed by atoms with Gasteiger partial charge in [0.1, 0.15) is 0 Å². The van der Waals surface area contributed by atoms with E-state index in [4.69, 9.17) is 0 Å². The molecular weight excluding hydrogens is 270 g/mol. The average Bonchev–Trinajstić information content (AvgIpc) is 2.69. The van der Waals surface area contributed by atoms with E-state index in [1.54, 1.807) is 0 Å². The van der Waals surface area contributed by atoms with Gasteiger partial charge in [-0.15, -0.1) is 0 Å². The van der Waals surface area contributed by atoms with E-state index >= 15 is 0 Å². The summed E-state index contributed by atoms with van der Waals surface area (Å²) < 4.78 is 23.4. The zero-order valence-electron chi connectivity index (χ0n) is 12.0. The van der Waals surface area contributed by atoms with Gasteiger partial charge in [0.25, 0.3) is 0 Å². The maximum absolute atomic E-state index is 11.7. The summed E-state index contributed by atoms with van der Waals surface area (Å²) in [5.41, 5.74) is 2.67. The zero-order valence-corrected chi connectivity index (χ0v) is 12.8. The Morgan fingerprint density at radius 3 is 2.60 bits per heavy atom. The van der Waals surface area contributed by atoms with Crippen LogP contribution in [0.15, 0.2) is 24.3 Å². The van der Waals surface area contributed by atoms with Crippen molar-refractivity contribution in [3.63, 3.8) is 0 Å². The van der Waals surface area contributed by atoms with Crippen molar-refractivity contribution in [1.29, 1.82) is 0 Å². The third kappa shape index (κ3) is 2.77. The van der Waals surface area contributed by atoms with Crippen LogP contribution in [0, 0.1) is 5.92 Å². The van der Waals surface area contributed by atoms with E-state index in [1.807, 2.05) is 7.05 Å². The molecule has 0 aromatic heterocycles. The SMILES string of the molecule is CNC(c1cccc(C2CCC2)c1)C1CCS(=O)(=O)C1. The van der Waals surface area contributed by atoms with E-state index in [2.05, 4.69) is 29.6 Å². The highest BCUT2D eigenvalue weighted by atomic mass is 32.2. The molecule has 20 heavy (non-hydrogen) atoms. The number of sulfone groups is 1. The Kier molecular flexibility index (Phi) is 3.87. The van der Waals surface area contributed by atoms with E-state index in [0.717, 1.165) is 12.3 Å². The van der Waals surface area contributed by atoms with E-state index in [0.29, 0.717) is 11.5 Å². The summed E-state index contributed by atoms with van der Waals surface area (Å²) in [6, 6.07) is 8.92. The van der Waals surface area contributed by atoms with Gasteiger partial charge in [0, 0.05) is 6.04 Å². The monoisotopic (exact) mass is 293 g/mol. The minimum Gasteiger partial charge on any atom is -0.313 e. The second kappa shape index (κ2) is 5.49. The highest BCUT2D eigenvalue weighted by Gasteiger charge is 2.34. The van der Waals surface area contributed by atoms with E-state index < -0.39 is 9.84 Å². The molecule has 1 N–H and O–H groups in total. The first kappa shape index (κ1) is 14.1. The fraction of sp³-hybridized carbons (Fsp3) is 0.625. The van der Waals surface area contributed by atoms with Crippen LogP contribution in [0.3, 0.4) is 0 Å². The summed E-state index contributed by atoms with van der Waals surface area (Å²) in [6.07, 6.45) is 4.71. The Bertz CT molecular complexity index is 578. The number of benzene rings is 1.